The van der Waals surface area contributed by atoms with Crippen LogP contribution in [0.1, 0.15) is 11.7 Å². The summed E-state index contributed by atoms with van der Waals surface area (Å²) in [4.78, 5) is 4.12. The van der Waals surface area contributed by atoms with Gasteiger partial charge >= 0.3 is 0 Å². The largest absolute Gasteiger partial charge is 0.387 e. The van der Waals surface area contributed by atoms with Gasteiger partial charge in [-0.05, 0) is 17.7 Å². The van der Waals surface area contributed by atoms with E-state index >= 15 is 0 Å². The number of anilines is 1. The number of aliphatic hydroxyl groups excluding tert-OH is 1. The molecule has 1 atom stereocenters. The van der Waals surface area contributed by atoms with Gasteiger partial charge in [0, 0.05) is 6.54 Å². The van der Waals surface area contributed by atoms with E-state index in [1.807, 2.05) is 18.2 Å². The van der Waals surface area contributed by atoms with E-state index in [2.05, 4.69) is 4.98 Å². The van der Waals surface area contributed by atoms with Crippen LogP contribution >= 0.6 is 11.3 Å². The Hall–Kier alpha value is -1.17. The minimum absolute atomic E-state index is 0.222. The molecule has 0 aliphatic heterocycles. The number of thiazole rings is 1. The minimum atomic E-state index is -0.609. The SMILES string of the molecule is NCC(O)c1ccc2nc(N)sc2c1. The highest BCUT2D eigenvalue weighted by molar-refractivity contribution is 7.22. The third-order valence-electron chi connectivity index (χ3n) is 2.04. The number of fused-ring (bicyclic) bond motifs is 1. The molecule has 0 bridgehead atoms. The van der Waals surface area contributed by atoms with Gasteiger partial charge in [0.05, 0.1) is 16.3 Å². The van der Waals surface area contributed by atoms with E-state index in [0.717, 1.165) is 15.8 Å². The summed E-state index contributed by atoms with van der Waals surface area (Å²) < 4.78 is 0.979. The van der Waals surface area contributed by atoms with Crippen molar-refractivity contribution in [1.82, 2.24) is 4.98 Å². The van der Waals surface area contributed by atoms with Gasteiger partial charge in [0.25, 0.3) is 0 Å². The van der Waals surface area contributed by atoms with Gasteiger partial charge in [-0.1, -0.05) is 17.4 Å². The van der Waals surface area contributed by atoms with E-state index in [0.29, 0.717) is 5.13 Å². The molecule has 14 heavy (non-hydrogen) atoms. The Morgan fingerprint density at radius 1 is 1.50 bits per heavy atom. The van der Waals surface area contributed by atoms with E-state index in [1.54, 1.807) is 0 Å². The lowest BCUT2D eigenvalue weighted by atomic mass is 10.1. The van der Waals surface area contributed by atoms with Crippen LogP contribution in [0, 0.1) is 0 Å². The zero-order valence-corrected chi connectivity index (χ0v) is 8.29. The van der Waals surface area contributed by atoms with Crippen molar-refractivity contribution in [3.05, 3.63) is 23.8 Å². The average molecular weight is 209 g/mol. The Morgan fingerprint density at radius 2 is 2.29 bits per heavy atom. The molecule has 5 heteroatoms. The van der Waals surface area contributed by atoms with E-state index in [4.69, 9.17) is 11.5 Å². The van der Waals surface area contributed by atoms with Crippen molar-refractivity contribution in [2.45, 2.75) is 6.10 Å². The highest BCUT2D eigenvalue weighted by atomic mass is 32.1. The van der Waals surface area contributed by atoms with Crippen molar-refractivity contribution < 1.29 is 5.11 Å². The highest BCUT2D eigenvalue weighted by Gasteiger charge is 2.07. The van der Waals surface area contributed by atoms with Crippen molar-refractivity contribution in [2.24, 2.45) is 5.73 Å². The average Bonchev–Trinajstić information content (AvgIpc) is 2.55. The number of aromatic nitrogens is 1. The lowest BCUT2D eigenvalue weighted by molar-refractivity contribution is 0.187. The maximum absolute atomic E-state index is 9.52. The molecule has 2 aromatic rings. The van der Waals surface area contributed by atoms with Gasteiger partial charge in [0.15, 0.2) is 5.13 Å². The number of nitrogens with two attached hydrogens (primary N) is 2. The molecule has 0 aliphatic rings. The zero-order chi connectivity index (χ0) is 10.1. The second-order valence-corrected chi connectivity index (χ2v) is 4.09. The fourth-order valence-corrected chi connectivity index (χ4v) is 2.08. The molecule has 4 nitrogen and oxygen atoms in total. The lowest BCUT2D eigenvalue weighted by Gasteiger charge is -2.06. The molecular formula is C9H11N3OS. The van der Waals surface area contributed by atoms with Crippen LogP contribution in [0.15, 0.2) is 18.2 Å². The zero-order valence-electron chi connectivity index (χ0n) is 7.47. The summed E-state index contributed by atoms with van der Waals surface area (Å²) in [6.45, 7) is 0.222. The molecule has 1 unspecified atom stereocenters. The first-order valence-electron chi connectivity index (χ1n) is 4.25. The molecule has 5 N–H and O–H groups in total. The lowest BCUT2D eigenvalue weighted by Crippen LogP contribution is -2.11. The third kappa shape index (κ3) is 1.57. The number of hydrogen-bond donors (Lipinski definition) is 3. The smallest absolute Gasteiger partial charge is 0.181 e. The molecule has 0 radical (unpaired) electrons. The number of nitrogens with zero attached hydrogens (tertiary/aromatic N) is 1. The van der Waals surface area contributed by atoms with Crippen molar-refractivity contribution in [3.8, 4) is 0 Å². The summed E-state index contributed by atoms with van der Waals surface area (Å²) in [5, 5.41) is 10.1. The molecule has 1 heterocycles. The van der Waals surface area contributed by atoms with E-state index in [-0.39, 0.29) is 6.54 Å². The number of hydrogen-bond acceptors (Lipinski definition) is 5. The van der Waals surface area contributed by atoms with Crippen molar-refractivity contribution in [1.29, 1.82) is 0 Å². The summed E-state index contributed by atoms with van der Waals surface area (Å²) in [6, 6.07) is 5.54. The van der Waals surface area contributed by atoms with Gasteiger partial charge in [-0.15, -0.1) is 0 Å². The number of nitrogen functional groups attached to an aromatic ring is 1. The molecule has 0 saturated heterocycles. The first-order valence-corrected chi connectivity index (χ1v) is 5.06. The van der Waals surface area contributed by atoms with E-state index in [1.165, 1.54) is 11.3 Å². The molecule has 1 aromatic carbocycles. The molecule has 0 spiro atoms. The van der Waals surface area contributed by atoms with Gasteiger partial charge in [0.2, 0.25) is 0 Å². The topological polar surface area (TPSA) is 85.2 Å². The second kappa shape index (κ2) is 3.53. The van der Waals surface area contributed by atoms with Crippen LogP contribution in [0.5, 0.6) is 0 Å². The van der Waals surface area contributed by atoms with Gasteiger partial charge in [0.1, 0.15) is 0 Å². The van der Waals surface area contributed by atoms with Crippen LogP contribution in [-0.2, 0) is 0 Å². The van der Waals surface area contributed by atoms with Gasteiger partial charge in [-0.25, -0.2) is 4.98 Å². The molecule has 0 aliphatic carbocycles. The summed E-state index contributed by atoms with van der Waals surface area (Å²) in [5.74, 6) is 0. The fraction of sp³-hybridized carbons (Fsp3) is 0.222. The van der Waals surface area contributed by atoms with Crippen molar-refractivity contribution in [3.63, 3.8) is 0 Å². The molecule has 1 aromatic heterocycles. The van der Waals surface area contributed by atoms with E-state index < -0.39 is 6.10 Å². The molecule has 2 rings (SSSR count). The Bertz CT molecular complexity index is 454. The summed E-state index contributed by atoms with van der Waals surface area (Å²) in [7, 11) is 0. The molecular weight excluding hydrogens is 198 g/mol. The predicted molar refractivity (Wildman–Crippen MR) is 58.0 cm³/mol. The molecule has 0 saturated carbocycles. The van der Waals surface area contributed by atoms with Crippen LogP contribution in [0.4, 0.5) is 5.13 Å². The van der Waals surface area contributed by atoms with Gasteiger partial charge < -0.3 is 16.6 Å². The van der Waals surface area contributed by atoms with Gasteiger partial charge in [-0.3, -0.25) is 0 Å². The summed E-state index contributed by atoms with van der Waals surface area (Å²) >= 11 is 1.41. The third-order valence-corrected chi connectivity index (χ3v) is 2.88. The molecule has 0 amide bonds. The number of benzene rings is 1. The maximum atomic E-state index is 9.52. The second-order valence-electron chi connectivity index (χ2n) is 3.03. The highest BCUT2D eigenvalue weighted by Crippen LogP contribution is 2.26. The first-order chi connectivity index (χ1) is 6.70. The quantitative estimate of drug-likeness (QED) is 0.685. The predicted octanol–water partition coefficient (Wildman–Crippen LogP) is 0.871. The Morgan fingerprint density at radius 3 is 3.00 bits per heavy atom. The standard InChI is InChI=1S/C9H11N3OS/c10-4-7(13)5-1-2-6-8(3-5)14-9(11)12-6/h1-3,7,13H,4,10H2,(H2,11,12). The Labute approximate surface area is 85.2 Å². The monoisotopic (exact) mass is 209 g/mol. The van der Waals surface area contributed by atoms with Crippen LogP contribution in [0.2, 0.25) is 0 Å². The van der Waals surface area contributed by atoms with Crippen molar-refractivity contribution >= 4 is 26.7 Å². The number of rotatable bonds is 2. The van der Waals surface area contributed by atoms with E-state index in [9.17, 15) is 5.11 Å². The first kappa shape index (κ1) is 9.39. The van der Waals surface area contributed by atoms with Crippen molar-refractivity contribution in [2.75, 3.05) is 12.3 Å². The van der Waals surface area contributed by atoms with Crippen LogP contribution in [0.25, 0.3) is 10.2 Å². The Kier molecular flexibility index (Phi) is 2.37. The van der Waals surface area contributed by atoms with Crippen LogP contribution < -0.4 is 11.5 Å². The fourth-order valence-electron chi connectivity index (χ4n) is 1.30. The van der Waals surface area contributed by atoms with Crippen LogP contribution in [-0.4, -0.2) is 16.6 Å². The maximum Gasteiger partial charge on any atom is 0.181 e. The molecule has 0 fully saturated rings. The molecule has 74 valence electrons. The Balaban J connectivity index is 2.50. The normalized spacial score (nSPS) is 13.3. The summed E-state index contributed by atoms with van der Waals surface area (Å²) in [5.41, 5.74) is 12.6. The summed E-state index contributed by atoms with van der Waals surface area (Å²) in [6.07, 6.45) is -0.609. The van der Waals surface area contributed by atoms with Gasteiger partial charge in [-0.2, -0.15) is 0 Å². The number of aliphatic hydroxyl groups is 1. The minimum Gasteiger partial charge on any atom is -0.387 e. The van der Waals surface area contributed by atoms with Crippen LogP contribution in [0.3, 0.4) is 0 Å².